The molecule has 0 radical (unpaired) electrons. The molecule has 0 saturated carbocycles. The third kappa shape index (κ3) is 4.21. The molecule has 0 spiro atoms. The van der Waals surface area contributed by atoms with Crippen LogP contribution < -0.4 is 16.0 Å². The van der Waals surface area contributed by atoms with Crippen LogP contribution in [0.1, 0.15) is 26.2 Å². The van der Waals surface area contributed by atoms with Crippen molar-refractivity contribution in [3.05, 3.63) is 18.2 Å². The average molecular weight is 348 g/mol. The standard InChI is InChI=1S/C16H20N4O3S/c1-2-14(21)20-16-19-12-6-5-10(8-13(12)24-16)18-15(22)17-9-11-4-3-7-23-11/h5-6,8,11H,2-4,7,9H2,1H3,(H2,17,18,22)(H,19,20,21). The van der Waals surface area contributed by atoms with Crippen LogP contribution in [0, 0.1) is 0 Å². The molecule has 1 unspecified atom stereocenters. The van der Waals surface area contributed by atoms with Crippen LogP contribution in [0.15, 0.2) is 18.2 Å². The highest BCUT2D eigenvalue weighted by atomic mass is 32.1. The summed E-state index contributed by atoms with van der Waals surface area (Å²) in [6, 6.07) is 5.21. The van der Waals surface area contributed by atoms with E-state index in [0.29, 0.717) is 23.8 Å². The zero-order valence-electron chi connectivity index (χ0n) is 13.4. The number of anilines is 2. The minimum absolute atomic E-state index is 0.0686. The lowest BCUT2D eigenvalue weighted by Gasteiger charge is -2.11. The van der Waals surface area contributed by atoms with Crippen molar-refractivity contribution in [2.24, 2.45) is 0 Å². The summed E-state index contributed by atoms with van der Waals surface area (Å²) >= 11 is 1.38. The number of hydrogen-bond donors (Lipinski definition) is 3. The lowest BCUT2D eigenvalue weighted by atomic mass is 10.2. The molecule has 1 aromatic carbocycles. The number of nitrogens with one attached hydrogen (secondary N) is 3. The second-order valence-corrected chi connectivity index (χ2v) is 6.60. The van der Waals surface area contributed by atoms with Gasteiger partial charge in [-0.2, -0.15) is 0 Å². The molecular formula is C16H20N4O3S. The predicted molar refractivity (Wildman–Crippen MR) is 94.5 cm³/mol. The van der Waals surface area contributed by atoms with Gasteiger partial charge >= 0.3 is 6.03 Å². The van der Waals surface area contributed by atoms with Crippen molar-refractivity contribution in [2.75, 3.05) is 23.8 Å². The molecule has 3 rings (SSSR count). The summed E-state index contributed by atoms with van der Waals surface area (Å²) in [4.78, 5) is 27.7. The fraction of sp³-hybridized carbons (Fsp3) is 0.438. The maximum Gasteiger partial charge on any atom is 0.319 e. The molecular weight excluding hydrogens is 328 g/mol. The van der Waals surface area contributed by atoms with Gasteiger partial charge in [-0.1, -0.05) is 18.3 Å². The highest BCUT2D eigenvalue weighted by Crippen LogP contribution is 2.28. The smallest absolute Gasteiger partial charge is 0.319 e. The number of aromatic nitrogens is 1. The Morgan fingerprint density at radius 1 is 1.38 bits per heavy atom. The van der Waals surface area contributed by atoms with Crippen molar-refractivity contribution in [2.45, 2.75) is 32.3 Å². The summed E-state index contributed by atoms with van der Waals surface area (Å²) in [7, 11) is 0. The van der Waals surface area contributed by atoms with Gasteiger partial charge in [0, 0.05) is 25.3 Å². The van der Waals surface area contributed by atoms with Gasteiger partial charge in [0.25, 0.3) is 0 Å². The van der Waals surface area contributed by atoms with Crippen LogP contribution in [0.5, 0.6) is 0 Å². The summed E-state index contributed by atoms with van der Waals surface area (Å²) in [5.41, 5.74) is 1.47. The first-order valence-electron chi connectivity index (χ1n) is 8.01. The van der Waals surface area contributed by atoms with E-state index in [4.69, 9.17) is 4.74 Å². The molecule has 1 saturated heterocycles. The van der Waals surface area contributed by atoms with E-state index >= 15 is 0 Å². The Bertz CT molecular complexity index is 740. The molecule has 24 heavy (non-hydrogen) atoms. The number of thiazole rings is 1. The van der Waals surface area contributed by atoms with E-state index in [1.54, 1.807) is 13.0 Å². The molecule has 8 heteroatoms. The molecule has 3 amide bonds. The largest absolute Gasteiger partial charge is 0.376 e. The van der Waals surface area contributed by atoms with Gasteiger partial charge in [-0.15, -0.1) is 0 Å². The second kappa shape index (κ2) is 7.59. The van der Waals surface area contributed by atoms with Crippen LogP contribution in [0.25, 0.3) is 10.2 Å². The monoisotopic (exact) mass is 348 g/mol. The second-order valence-electron chi connectivity index (χ2n) is 5.57. The Hall–Kier alpha value is -2.19. The summed E-state index contributed by atoms with van der Waals surface area (Å²) < 4.78 is 6.37. The molecule has 0 aliphatic carbocycles. The van der Waals surface area contributed by atoms with Crippen molar-refractivity contribution >= 4 is 44.3 Å². The number of benzene rings is 1. The third-order valence-corrected chi connectivity index (χ3v) is 4.66. The molecule has 2 heterocycles. The number of hydrogen-bond acceptors (Lipinski definition) is 5. The molecule has 1 atom stereocenters. The molecule has 3 N–H and O–H groups in total. The summed E-state index contributed by atoms with van der Waals surface area (Å²) in [6.45, 7) is 3.08. The van der Waals surface area contributed by atoms with Crippen LogP contribution in [0.2, 0.25) is 0 Å². The fourth-order valence-electron chi connectivity index (χ4n) is 2.45. The Kier molecular flexibility index (Phi) is 5.27. The van der Waals surface area contributed by atoms with Crippen LogP contribution in [-0.2, 0) is 9.53 Å². The molecule has 7 nitrogen and oxygen atoms in total. The van der Waals surface area contributed by atoms with Crippen LogP contribution >= 0.6 is 11.3 Å². The first-order chi connectivity index (χ1) is 11.6. The van der Waals surface area contributed by atoms with Crippen LogP contribution in [0.4, 0.5) is 15.6 Å². The third-order valence-electron chi connectivity index (χ3n) is 3.73. The lowest BCUT2D eigenvalue weighted by molar-refractivity contribution is -0.115. The summed E-state index contributed by atoms with van der Waals surface area (Å²) in [6.07, 6.45) is 2.56. The van der Waals surface area contributed by atoms with E-state index < -0.39 is 0 Å². The van der Waals surface area contributed by atoms with E-state index in [-0.39, 0.29) is 18.0 Å². The predicted octanol–water partition coefficient (Wildman–Crippen LogP) is 2.95. The van der Waals surface area contributed by atoms with Gasteiger partial charge in [-0.25, -0.2) is 9.78 Å². The first kappa shape index (κ1) is 16.7. The van der Waals surface area contributed by atoms with Crippen LogP contribution in [-0.4, -0.2) is 36.2 Å². The molecule has 1 aromatic heterocycles. The number of nitrogens with zero attached hydrogens (tertiary/aromatic N) is 1. The van der Waals surface area contributed by atoms with Gasteiger partial charge in [0.1, 0.15) is 0 Å². The number of amides is 3. The Morgan fingerprint density at radius 3 is 3.00 bits per heavy atom. The minimum atomic E-state index is -0.256. The number of carbonyl (C=O) groups excluding carboxylic acids is 2. The van der Waals surface area contributed by atoms with Gasteiger partial charge in [-0.05, 0) is 31.0 Å². The number of urea groups is 1. The van der Waals surface area contributed by atoms with Crippen LogP contribution in [0.3, 0.4) is 0 Å². The number of ether oxygens (including phenoxy) is 1. The lowest BCUT2D eigenvalue weighted by Crippen LogP contribution is -2.34. The van der Waals surface area contributed by atoms with Crippen molar-refractivity contribution in [3.8, 4) is 0 Å². The number of rotatable bonds is 5. The zero-order chi connectivity index (χ0) is 16.9. The van der Waals surface area contributed by atoms with E-state index in [1.807, 2.05) is 12.1 Å². The van der Waals surface area contributed by atoms with Crippen molar-refractivity contribution in [1.82, 2.24) is 10.3 Å². The van der Waals surface area contributed by atoms with Crippen molar-refractivity contribution < 1.29 is 14.3 Å². The molecule has 1 fully saturated rings. The summed E-state index contributed by atoms with van der Waals surface area (Å²) in [5.74, 6) is -0.0686. The van der Waals surface area contributed by atoms with E-state index in [1.165, 1.54) is 11.3 Å². The number of carbonyl (C=O) groups is 2. The first-order valence-corrected chi connectivity index (χ1v) is 8.82. The molecule has 128 valence electrons. The fourth-order valence-corrected chi connectivity index (χ4v) is 3.37. The Balaban J connectivity index is 1.59. The highest BCUT2D eigenvalue weighted by Gasteiger charge is 2.16. The molecule has 2 aromatic rings. The quantitative estimate of drug-likeness (QED) is 0.774. The number of fused-ring (bicyclic) bond motifs is 1. The normalized spacial score (nSPS) is 17.0. The van der Waals surface area contributed by atoms with Crippen molar-refractivity contribution in [3.63, 3.8) is 0 Å². The van der Waals surface area contributed by atoms with E-state index in [0.717, 1.165) is 29.7 Å². The van der Waals surface area contributed by atoms with Gasteiger partial charge in [0.15, 0.2) is 5.13 Å². The van der Waals surface area contributed by atoms with Gasteiger partial charge < -0.3 is 20.7 Å². The summed E-state index contributed by atoms with van der Waals surface area (Å²) in [5, 5.41) is 8.94. The Labute approximate surface area is 143 Å². The highest BCUT2D eigenvalue weighted by molar-refractivity contribution is 7.22. The maximum absolute atomic E-state index is 11.9. The zero-order valence-corrected chi connectivity index (χ0v) is 14.2. The topological polar surface area (TPSA) is 92.4 Å². The molecule has 1 aliphatic heterocycles. The SMILES string of the molecule is CCC(=O)Nc1nc2ccc(NC(=O)NCC3CCCO3)cc2s1. The average Bonchev–Trinajstić information content (AvgIpc) is 3.21. The van der Waals surface area contributed by atoms with Crippen molar-refractivity contribution in [1.29, 1.82) is 0 Å². The van der Waals surface area contributed by atoms with E-state index in [2.05, 4.69) is 20.9 Å². The van der Waals surface area contributed by atoms with Gasteiger partial charge in [0.2, 0.25) is 5.91 Å². The van der Waals surface area contributed by atoms with Gasteiger partial charge in [0.05, 0.1) is 16.3 Å². The minimum Gasteiger partial charge on any atom is -0.376 e. The van der Waals surface area contributed by atoms with Gasteiger partial charge in [-0.3, -0.25) is 4.79 Å². The molecule has 0 bridgehead atoms. The maximum atomic E-state index is 11.9. The molecule has 1 aliphatic rings. The van der Waals surface area contributed by atoms with E-state index in [9.17, 15) is 9.59 Å². The Morgan fingerprint density at radius 2 is 2.25 bits per heavy atom.